The quantitative estimate of drug-likeness (QED) is 0.799. The molecule has 1 aliphatic rings. The van der Waals surface area contributed by atoms with E-state index in [1.54, 1.807) is 5.57 Å². The van der Waals surface area contributed by atoms with Gasteiger partial charge in [0.15, 0.2) is 0 Å². The molecule has 0 bridgehead atoms. The lowest BCUT2D eigenvalue weighted by molar-refractivity contribution is 0.542. The molecule has 3 rings (SSSR count). The van der Waals surface area contributed by atoms with E-state index in [2.05, 4.69) is 40.6 Å². The third-order valence-electron chi connectivity index (χ3n) is 4.24. The third-order valence-corrected chi connectivity index (χ3v) is 4.24. The Morgan fingerprint density at radius 1 is 1.29 bits per heavy atom. The van der Waals surface area contributed by atoms with E-state index in [-0.39, 0.29) is 6.04 Å². The van der Waals surface area contributed by atoms with Crippen molar-refractivity contribution in [2.24, 2.45) is 5.73 Å². The molecular weight excluding hydrogens is 258 g/mol. The summed E-state index contributed by atoms with van der Waals surface area (Å²) in [6.45, 7) is 1.61. The van der Waals surface area contributed by atoms with Crippen LogP contribution in [0, 0.1) is 0 Å². The molecule has 3 heteroatoms. The molecule has 0 aliphatic heterocycles. The predicted molar refractivity (Wildman–Crippen MR) is 88.1 cm³/mol. The number of rotatable bonds is 6. The van der Waals surface area contributed by atoms with Crippen LogP contribution in [0.4, 0.5) is 0 Å². The molecule has 0 spiro atoms. The number of nitrogens with zero attached hydrogens (tertiary/aromatic N) is 1. The smallest absolute Gasteiger partial charge is 0.0702 e. The van der Waals surface area contributed by atoms with E-state index in [1.807, 2.05) is 12.3 Å². The number of hydrogen-bond acceptors (Lipinski definition) is 3. The zero-order valence-corrected chi connectivity index (χ0v) is 12.4. The Balaban J connectivity index is 1.66. The molecule has 0 saturated heterocycles. The normalized spacial score (nSPS) is 16.1. The van der Waals surface area contributed by atoms with Gasteiger partial charge < -0.3 is 11.1 Å². The van der Waals surface area contributed by atoms with Gasteiger partial charge in [0.25, 0.3) is 0 Å². The first-order valence-corrected chi connectivity index (χ1v) is 7.83. The maximum absolute atomic E-state index is 5.95. The van der Waals surface area contributed by atoms with Crippen LogP contribution in [0.1, 0.15) is 37.3 Å². The largest absolute Gasteiger partial charge is 0.329 e. The lowest BCUT2D eigenvalue weighted by atomic mass is 10.0. The van der Waals surface area contributed by atoms with Crippen LogP contribution in [0.3, 0.4) is 0 Å². The molecule has 1 aromatic carbocycles. The van der Waals surface area contributed by atoms with E-state index in [9.17, 15) is 0 Å². The zero-order chi connectivity index (χ0) is 14.5. The van der Waals surface area contributed by atoms with Crippen LogP contribution in [-0.4, -0.2) is 18.1 Å². The second kappa shape index (κ2) is 6.83. The summed E-state index contributed by atoms with van der Waals surface area (Å²) in [6, 6.07) is 10.7. The first-order chi connectivity index (χ1) is 10.4. The maximum atomic E-state index is 5.95. The van der Waals surface area contributed by atoms with E-state index in [0.29, 0.717) is 6.54 Å². The minimum atomic E-state index is 0.219. The summed E-state index contributed by atoms with van der Waals surface area (Å²) in [5, 5.41) is 4.77. The van der Waals surface area contributed by atoms with E-state index in [1.165, 1.54) is 30.2 Å². The Labute approximate surface area is 126 Å². The maximum Gasteiger partial charge on any atom is 0.0702 e. The monoisotopic (exact) mass is 281 g/mol. The Hall–Kier alpha value is -1.71. The molecule has 0 amide bonds. The van der Waals surface area contributed by atoms with E-state index in [0.717, 1.165) is 18.5 Å². The summed E-state index contributed by atoms with van der Waals surface area (Å²) in [4.78, 5) is 4.36. The van der Waals surface area contributed by atoms with E-state index < -0.39 is 0 Å². The molecule has 1 atom stereocenters. The van der Waals surface area contributed by atoms with Gasteiger partial charge in [-0.1, -0.05) is 23.8 Å². The van der Waals surface area contributed by atoms with Gasteiger partial charge in [-0.3, -0.25) is 4.98 Å². The van der Waals surface area contributed by atoms with Crippen LogP contribution in [0.25, 0.3) is 10.9 Å². The van der Waals surface area contributed by atoms with Crippen LogP contribution in [0.2, 0.25) is 0 Å². The number of pyridine rings is 1. The Morgan fingerprint density at radius 2 is 2.24 bits per heavy atom. The fourth-order valence-electron chi connectivity index (χ4n) is 3.02. The van der Waals surface area contributed by atoms with Crippen molar-refractivity contribution in [2.45, 2.75) is 31.7 Å². The van der Waals surface area contributed by atoms with Crippen molar-refractivity contribution in [1.82, 2.24) is 10.3 Å². The van der Waals surface area contributed by atoms with Crippen LogP contribution < -0.4 is 11.1 Å². The number of benzene rings is 1. The molecule has 3 nitrogen and oxygen atoms in total. The van der Waals surface area contributed by atoms with Gasteiger partial charge in [0.1, 0.15) is 0 Å². The molecule has 3 N–H and O–H groups in total. The zero-order valence-electron chi connectivity index (χ0n) is 12.4. The fourth-order valence-corrected chi connectivity index (χ4v) is 3.02. The topological polar surface area (TPSA) is 50.9 Å². The number of hydrogen-bond donors (Lipinski definition) is 2. The van der Waals surface area contributed by atoms with Crippen LogP contribution in [0.5, 0.6) is 0 Å². The molecule has 0 radical (unpaired) electrons. The highest BCUT2D eigenvalue weighted by Crippen LogP contribution is 2.21. The lowest BCUT2D eigenvalue weighted by Gasteiger charge is -2.18. The summed E-state index contributed by atoms with van der Waals surface area (Å²) in [6.07, 6.45) is 9.22. The molecule has 21 heavy (non-hydrogen) atoms. The number of allylic oxidation sites excluding steroid dienone is 1. The lowest BCUT2D eigenvalue weighted by Crippen LogP contribution is -2.29. The first kappa shape index (κ1) is 14.2. The molecule has 1 aromatic heterocycles. The average Bonchev–Trinajstić information content (AvgIpc) is 3.04. The Kier molecular flexibility index (Phi) is 4.63. The molecule has 110 valence electrons. The molecule has 0 saturated carbocycles. The molecule has 1 unspecified atom stereocenters. The van der Waals surface area contributed by atoms with E-state index >= 15 is 0 Å². The molecular formula is C18H23N3. The summed E-state index contributed by atoms with van der Waals surface area (Å²) in [5.41, 5.74) is 9.83. The highest BCUT2D eigenvalue weighted by molar-refractivity contribution is 5.79. The summed E-state index contributed by atoms with van der Waals surface area (Å²) >= 11 is 0. The van der Waals surface area contributed by atoms with Crippen molar-refractivity contribution in [2.75, 3.05) is 13.1 Å². The van der Waals surface area contributed by atoms with Crippen LogP contribution >= 0.6 is 0 Å². The van der Waals surface area contributed by atoms with Gasteiger partial charge in [0, 0.05) is 24.2 Å². The van der Waals surface area contributed by atoms with Crippen LogP contribution in [-0.2, 0) is 0 Å². The van der Waals surface area contributed by atoms with Gasteiger partial charge in [0.2, 0.25) is 0 Å². The van der Waals surface area contributed by atoms with Gasteiger partial charge in [-0.25, -0.2) is 0 Å². The third kappa shape index (κ3) is 3.49. The molecule has 1 heterocycles. The minimum Gasteiger partial charge on any atom is -0.329 e. The molecule has 2 aromatic rings. The Bertz CT molecular complexity index is 633. The minimum absolute atomic E-state index is 0.219. The van der Waals surface area contributed by atoms with Gasteiger partial charge in [0.05, 0.1) is 5.52 Å². The second-order valence-electron chi connectivity index (χ2n) is 5.70. The van der Waals surface area contributed by atoms with Crippen LogP contribution in [0.15, 0.2) is 48.2 Å². The molecule has 1 aliphatic carbocycles. The SMILES string of the molecule is NCC(NCCC1=CCCC1)c1ccc2ncccc2c1. The first-order valence-electron chi connectivity index (χ1n) is 7.83. The Morgan fingerprint density at radius 3 is 3.05 bits per heavy atom. The average molecular weight is 281 g/mol. The highest BCUT2D eigenvalue weighted by atomic mass is 14.9. The van der Waals surface area contributed by atoms with Gasteiger partial charge in [-0.2, -0.15) is 0 Å². The number of aromatic nitrogens is 1. The summed E-state index contributed by atoms with van der Waals surface area (Å²) in [5.74, 6) is 0. The van der Waals surface area contributed by atoms with Crippen molar-refractivity contribution >= 4 is 10.9 Å². The van der Waals surface area contributed by atoms with Crippen molar-refractivity contribution in [3.05, 3.63) is 53.7 Å². The second-order valence-corrected chi connectivity index (χ2v) is 5.70. The van der Waals surface area contributed by atoms with Crippen molar-refractivity contribution in [3.8, 4) is 0 Å². The predicted octanol–water partition coefficient (Wildman–Crippen LogP) is 3.32. The molecule has 0 fully saturated rings. The standard InChI is InChI=1S/C18H23N3/c19-13-18(21-11-9-14-4-1-2-5-14)16-7-8-17-15(12-16)6-3-10-20-17/h3-4,6-8,10,12,18,21H,1-2,5,9,11,13,19H2. The van der Waals surface area contributed by atoms with Gasteiger partial charge in [-0.15, -0.1) is 0 Å². The van der Waals surface area contributed by atoms with Gasteiger partial charge >= 0.3 is 0 Å². The summed E-state index contributed by atoms with van der Waals surface area (Å²) < 4.78 is 0. The van der Waals surface area contributed by atoms with Crippen molar-refractivity contribution < 1.29 is 0 Å². The number of fused-ring (bicyclic) bond motifs is 1. The van der Waals surface area contributed by atoms with Gasteiger partial charge in [-0.05, 0) is 56.0 Å². The van der Waals surface area contributed by atoms with Crippen molar-refractivity contribution in [1.29, 1.82) is 0 Å². The fraction of sp³-hybridized carbons (Fsp3) is 0.389. The van der Waals surface area contributed by atoms with Crippen molar-refractivity contribution in [3.63, 3.8) is 0 Å². The summed E-state index contributed by atoms with van der Waals surface area (Å²) in [7, 11) is 0. The van der Waals surface area contributed by atoms with E-state index in [4.69, 9.17) is 5.73 Å². The number of nitrogens with two attached hydrogens (primary N) is 1. The highest BCUT2D eigenvalue weighted by Gasteiger charge is 2.11. The number of nitrogens with one attached hydrogen (secondary N) is 1.